The van der Waals surface area contributed by atoms with E-state index in [2.05, 4.69) is 0 Å². The summed E-state index contributed by atoms with van der Waals surface area (Å²) in [5.74, 6) is -0.503. The van der Waals surface area contributed by atoms with E-state index in [9.17, 15) is 13.2 Å². The van der Waals surface area contributed by atoms with Crippen molar-refractivity contribution in [2.75, 3.05) is 10.8 Å². The van der Waals surface area contributed by atoms with Crippen LogP contribution in [0, 0.1) is 6.92 Å². The van der Waals surface area contributed by atoms with Crippen LogP contribution in [0.1, 0.15) is 5.56 Å². The third-order valence-corrected chi connectivity index (χ3v) is 5.65. The molecule has 0 atom stereocenters. The largest absolute Gasteiger partial charge is 0.326 e. The number of benzene rings is 1. The number of carbonyl (C=O) groups is 1. The minimum Gasteiger partial charge on any atom is -0.272 e. The fourth-order valence-corrected chi connectivity index (χ4v) is 4.54. The van der Waals surface area contributed by atoms with E-state index in [4.69, 9.17) is 0 Å². The summed E-state index contributed by atoms with van der Waals surface area (Å²) in [6.45, 7) is 1.71. The highest BCUT2D eigenvalue weighted by molar-refractivity contribution is 7.92. The monoisotopic (exact) mass is 308 g/mol. The average Bonchev–Trinajstić information content (AvgIpc) is 2.90. The van der Waals surface area contributed by atoms with Crippen LogP contribution in [0.5, 0.6) is 0 Å². The summed E-state index contributed by atoms with van der Waals surface area (Å²) in [7, 11) is -3.74. The maximum Gasteiger partial charge on any atom is 0.326 e. The Bertz CT molecular complexity index is 766. The number of carbonyl (C=O) groups excluding carboxylic acids is 1. The molecule has 1 saturated heterocycles. The summed E-state index contributed by atoms with van der Waals surface area (Å²) in [4.78, 5) is 12.3. The summed E-state index contributed by atoms with van der Waals surface area (Å²) < 4.78 is 26.8. The maximum atomic E-state index is 11.9. The standard InChI is InChI=1S/C13H12N2O3S2/c1-9-11(15-7-12(16)14-20(15,17)18)8-19-13(9)10-5-3-2-4-6-10/h2-6,8H,7H2,1H3,(H,14,16). The maximum absolute atomic E-state index is 11.9. The van der Waals surface area contributed by atoms with Crippen molar-refractivity contribution in [2.45, 2.75) is 6.92 Å². The predicted molar refractivity (Wildman–Crippen MR) is 78.9 cm³/mol. The quantitative estimate of drug-likeness (QED) is 0.921. The van der Waals surface area contributed by atoms with Gasteiger partial charge in [-0.15, -0.1) is 11.3 Å². The zero-order valence-electron chi connectivity index (χ0n) is 10.7. The number of nitrogens with zero attached hydrogens (tertiary/aromatic N) is 1. The van der Waals surface area contributed by atoms with Crippen LogP contribution in [0.15, 0.2) is 35.7 Å². The summed E-state index contributed by atoms with van der Waals surface area (Å²) in [5, 5.41) is 1.77. The molecule has 2 heterocycles. The second-order valence-electron chi connectivity index (χ2n) is 4.48. The predicted octanol–water partition coefficient (Wildman–Crippen LogP) is 1.90. The summed E-state index contributed by atoms with van der Waals surface area (Å²) in [6, 6.07) is 9.76. The fourth-order valence-electron chi connectivity index (χ4n) is 2.19. The molecule has 1 aromatic heterocycles. The normalized spacial score (nSPS) is 17.2. The van der Waals surface area contributed by atoms with Gasteiger partial charge in [-0.1, -0.05) is 30.3 Å². The van der Waals surface area contributed by atoms with Gasteiger partial charge in [-0.25, -0.2) is 9.03 Å². The van der Waals surface area contributed by atoms with Gasteiger partial charge in [0.2, 0.25) is 0 Å². The molecule has 0 spiro atoms. The Labute approximate surface area is 121 Å². The van der Waals surface area contributed by atoms with Gasteiger partial charge in [-0.3, -0.25) is 4.79 Å². The molecule has 0 unspecified atom stereocenters. The van der Waals surface area contributed by atoms with Gasteiger partial charge >= 0.3 is 10.2 Å². The van der Waals surface area contributed by atoms with Gasteiger partial charge in [-0.05, 0) is 18.1 Å². The van der Waals surface area contributed by atoms with E-state index in [1.54, 1.807) is 5.38 Å². The van der Waals surface area contributed by atoms with Crippen LogP contribution >= 0.6 is 11.3 Å². The Balaban J connectivity index is 2.06. The molecule has 104 valence electrons. The Hall–Kier alpha value is -1.86. The molecule has 1 N–H and O–H groups in total. The lowest BCUT2D eigenvalue weighted by atomic mass is 10.1. The molecular formula is C13H12N2O3S2. The summed E-state index contributed by atoms with van der Waals surface area (Å²) in [6.07, 6.45) is 0. The van der Waals surface area contributed by atoms with Crippen LogP contribution in [-0.2, 0) is 15.0 Å². The highest BCUT2D eigenvalue weighted by Gasteiger charge is 2.35. The summed E-state index contributed by atoms with van der Waals surface area (Å²) in [5.41, 5.74) is 2.46. The lowest BCUT2D eigenvalue weighted by Gasteiger charge is -2.14. The van der Waals surface area contributed by atoms with Crippen molar-refractivity contribution in [1.82, 2.24) is 4.72 Å². The van der Waals surface area contributed by atoms with Crippen LogP contribution in [0.3, 0.4) is 0 Å². The zero-order valence-corrected chi connectivity index (χ0v) is 12.3. The Kier molecular flexibility index (Phi) is 3.02. The number of hydrogen-bond donors (Lipinski definition) is 1. The third kappa shape index (κ3) is 2.08. The zero-order chi connectivity index (χ0) is 14.3. The Morgan fingerprint density at radius 2 is 1.95 bits per heavy atom. The van der Waals surface area contributed by atoms with Gasteiger partial charge in [0.1, 0.15) is 6.54 Å². The van der Waals surface area contributed by atoms with Gasteiger partial charge in [-0.2, -0.15) is 8.42 Å². The van der Waals surface area contributed by atoms with Gasteiger partial charge in [0.15, 0.2) is 0 Å². The van der Waals surface area contributed by atoms with E-state index in [1.807, 2.05) is 42.0 Å². The second-order valence-corrected chi connectivity index (χ2v) is 6.95. The molecule has 1 aliphatic rings. The van der Waals surface area contributed by atoms with Crippen molar-refractivity contribution in [3.05, 3.63) is 41.3 Å². The smallest absolute Gasteiger partial charge is 0.272 e. The number of amides is 1. The SMILES string of the molecule is Cc1c(N2CC(=O)NS2(=O)=O)csc1-c1ccccc1. The van der Waals surface area contributed by atoms with Gasteiger partial charge in [0, 0.05) is 10.3 Å². The molecule has 20 heavy (non-hydrogen) atoms. The topological polar surface area (TPSA) is 66.5 Å². The lowest BCUT2D eigenvalue weighted by Crippen LogP contribution is -2.29. The van der Waals surface area contributed by atoms with E-state index in [0.29, 0.717) is 5.69 Å². The first-order valence-electron chi connectivity index (χ1n) is 5.96. The minimum atomic E-state index is -3.74. The van der Waals surface area contributed by atoms with Crippen molar-refractivity contribution in [2.24, 2.45) is 0 Å². The fraction of sp³-hybridized carbons (Fsp3) is 0.154. The molecule has 0 saturated carbocycles. The van der Waals surface area contributed by atoms with Crippen molar-refractivity contribution < 1.29 is 13.2 Å². The molecule has 2 aromatic rings. The van der Waals surface area contributed by atoms with Crippen molar-refractivity contribution in [1.29, 1.82) is 0 Å². The highest BCUT2D eigenvalue weighted by atomic mass is 32.2. The van der Waals surface area contributed by atoms with Crippen LogP contribution in [0.4, 0.5) is 5.69 Å². The molecule has 1 fully saturated rings. The van der Waals surface area contributed by atoms with E-state index in [1.165, 1.54) is 11.3 Å². The third-order valence-electron chi connectivity index (χ3n) is 3.14. The molecule has 7 heteroatoms. The first-order valence-corrected chi connectivity index (χ1v) is 8.28. The molecule has 0 bridgehead atoms. The van der Waals surface area contributed by atoms with Crippen LogP contribution in [-0.4, -0.2) is 20.9 Å². The average molecular weight is 308 g/mol. The van der Waals surface area contributed by atoms with E-state index in [-0.39, 0.29) is 6.54 Å². The molecule has 1 aliphatic heterocycles. The Morgan fingerprint density at radius 3 is 2.55 bits per heavy atom. The number of nitrogens with one attached hydrogen (secondary N) is 1. The molecule has 1 aromatic carbocycles. The van der Waals surface area contributed by atoms with Crippen molar-refractivity contribution in [3.8, 4) is 10.4 Å². The lowest BCUT2D eigenvalue weighted by molar-refractivity contribution is -0.117. The Morgan fingerprint density at radius 1 is 1.25 bits per heavy atom. The van der Waals surface area contributed by atoms with Crippen molar-refractivity contribution >= 4 is 33.1 Å². The van der Waals surface area contributed by atoms with E-state index >= 15 is 0 Å². The van der Waals surface area contributed by atoms with E-state index < -0.39 is 16.1 Å². The number of hydrogen-bond acceptors (Lipinski definition) is 4. The number of thiophene rings is 1. The first-order chi connectivity index (χ1) is 9.49. The second kappa shape index (κ2) is 4.60. The van der Waals surface area contributed by atoms with Crippen LogP contribution < -0.4 is 9.03 Å². The molecule has 5 nitrogen and oxygen atoms in total. The molecule has 0 radical (unpaired) electrons. The van der Waals surface area contributed by atoms with Gasteiger partial charge < -0.3 is 0 Å². The first kappa shape index (κ1) is 13.1. The number of rotatable bonds is 2. The van der Waals surface area contributed by atoms with Crippen LogP contribution in [0.2, 0.25) is 0 Å². The van der Waals surface area contributed by atoms with Crippen LogP contribution in [0.25, 0.3) is 10.4 Å². The minimum absolute atomic E-state index is 0.159. The number of anilines is 1. The molecule has 3 rings (SSSR count). The molecule has 0 aliphatic carbocycles. The summed E-state index contributed by atoms with van der Waals surface area (Å²) >= 11 is 1.47. The van der Waals surface area contributed by atoms with Gasteiger partial charge in [0.25, 0.3) is 5.91 Å². The molecule has 1 amide bonds. The van der Waals surface area contributed by atoms with Crippen molar-refractivity contribution in [3.63, 3.8) is 0 Å². The molecular weight excluding hydrogens is 296 g/mol. The van der Waals surface area contributed by atoms with Gasteiger partial charge in [0.05, 0.1) is 5.69 Å². The highest BCUT2D eigenvalue weighted by Crippen LogP contribution is 2.38. The van der Waals surface area contributed by atoms with E-state index in [0.717, 1.165) is 20.3 Å².